The quantitative estimate of drug-likeness (QED) is 0.649. The zero-order valence-electron chi connectivity index (χ0n) is 9.45. The van der Waals surface area contributed by atoms with Crippen LogP contribution in [0, 0.1) is 11.8 Å². The minimum Gasteiger partial charge on any atom is -0.379 e. The van der Waals surface area contributed by atoms with Gasteiger partial charge in [0.05, 0.1) is 18.3 Å². The van der Waals surface area contributed by atoms with Gasteiger partial charge in [0.25, 0.3) is 0 Å². The van der Waals surface area contributed by atoms with E-state index in [1.807, 2.05) is 0 Å². The van der Waals surface area contributed by atoms with E-state index in [1.54, 1.807) is 0 Å². The Kier molecular flexibility index (Phi) is 2.37. The fraction of sp³-hybridized carbons (Fsp3) is 0.846. The Morgan fingerprint density at radius 2 is 2.33 bits per heavy atom. The largest absolute Gasteiger partial charge is 0.379 e. The van der Waals surface area contributed by atoms with E-state index in [9.17, 15) is 0 Å². The fourth-order valence-corrected chi connectivity index (χ4v) is 3.34. The molecule has 84 valence electrons. The van der Waals surface area contributed by atoms with E-state index in [0.717, 1.165) is 31.5 Å². The summed E-state index contributed by atoms with van der Waals surface area (Å²) >= 11 is 0. The third-order valence-corrected chi connectivity index (χ3v) is 4.15. The summed E-state index contributed by atoms with van der Waals surface area (Å²) in [5, 5.41) is 0. The van der Waals surface area contributed by atoms with Gasteiger partial charge in [-0.1, -0.05) is 19.1 Å². The predicted octanol–water partition coefficient (Wildman–Crippen LogP) is 2.54. The van der Waals surface area contributed by atoms with E-state index < -0.39 is 0 Å². The first kappa shape index (κ1) is 9.86. The number of hydrogen-bond acceptors (Lipinski definition) is 2. The molecule has 0 aromatic heterocycles. The van der Waals surface area contributed by atoms with Crippen molar-refractivity contribution in [1.29, 1.82) is 0 Å². The zero-order valence-corrected chi connectivity index (χ0v) is 9.45. The van der Waals surface area contributed by atoms with E-state index in [-0.39, 0.29) is 5.60 Å². The van der Waals surface area contributed by atoms with Crippen LogP contribution in [0.2, 0.25) is 0 Å². The van der Waals surface area contributed by atoms with Crippen molar-refractivity contribution in [2.24, 2.45) is 11.8 Å². The highest BCUT2D eigenvalue weighted by Crippen LogP contribution is 2.49. The summed E-state index contributed by atoms with van der Waals surface area (Å²) in [6.45, 7) is 4.06. The van der Waals surface area contributed by atoms with Crippen molar-refractivity contribution in [1.82, 2.24) is 0 Å². The maximum atomic E-state index is 6.29. The molecule has 4 atom stereocenters. The average Bonchev–Trinajstić information content (AvgIpc) is 2.75. The molecule has 3 rings (SSSR count). The number of fused-ring (bicyclic) bond motifs is 2. The third-order valence-electron chi connectivity index (χ3n) is 4.15. The Morgan fingerprint density at radius 1 is 1.40 bits per heavy atom. The lowest BCUT2D eigenvalue weighted by atomic mass is 9.94. The van der Waals surface area contributed by atoms with E-state index in [2.05, 4.69) is 19.1 Å². The van der Waals surface area contributed by atoms with Gasteiger partial charge in [-0.25, -0.2) is 0 Å². The molecule has 4 unspecified atom stereocenters. The van der Waals surface area contributed by atoms with Crippen LogP contribution in [-0.4, -0.2) is 24.9 Å². The number of allylic oxidation sites excluding steroid dienone is 1. The van der Waals surface area contributed by atoms with Crippen LogP contribution in [0.1, 0.15) is 32.6 Å². The van der Waals surface area contributed by atoms with Gasteiger partial charge >= 0.3 is 0 Å². The van der Waals surface area contributed by atoms with Crippen LogP contribution >= 0.6 is 0 Å². The van der Waals surface area contributed by atoms with Crippen LogP contribution in [0.5, 0.6) is 0 Å². The summed E-state index contributed by atoms with van der Waals surface area (Å²) in [5.41, 5.74) is 0.0788. The van der Waals surface area contributed by atoms with E-state index >= 15 is 0 Å². The Balaban J connectivity index is 1.65. The molecule has 1 saturated carbocycles. The van der Waals surface area contributed by atoms with Crippen molar-refractivity contribution in [3.8, 4) is 0 Å². The molecule has 0 N–H and O–H groups in total. The molecule has 1 saturated heterocycles. The number of ether oxygens (including phenoxy) is 2. The highest BCUT2D eigenvalue weighted by molar-refractivity contribution is 5.20. The lowest BCUT2D eigenvalue weighted by Gasteiger charge is -2.33. The van der Waals surface area contributed by atoms with Crippen molar-refractivity contribution < 1.29 is 9.47 Å². The Labute approximate surface area is 91.6 Å². The molecule has 2 bridgehead atoms. The molecule has 2 fully saturated rings. The summed E-state index contributed by atoms with van der Waals surface area (Å²) in [6, 6.07) is 0. The van der Waals surface area contributed by atoms with E-state index in [4.69, 9.17) is 9.47 Å². The molecule has 15 heavy (non-hydrogen) atoms. The highest BCUT2D eigenvalue weighted by Gasteiger charge is 2.47. The summed E-state index contributed by atoms with van der Waals surface area (Å²) in [5.74, 6) is 1.58. The molecule has 0 amide bonds. The highest BCUT2D eigenvalue weighted by atomic mass is 16.5. The SMILES string of the molecule is CC1CC2(OC3CCCOC3)C=CC1C2. The Hall–Kier alpha value is -0.340. The molecule has 1 aliphatic heterocycles. The van der Waals surface area contributed by atoms with Crippen LogP contribution in [-0.2, 0) is 9.47 Å². The minimum atomic E-state index is 0.0788. The van der Waals surface area contributed by atoms with Crippen molar-refractivity contribution >= 4 is 0 Å². The maximum absolute atomic E-state index is 6.29. The minimum absolute atomic E-state index is 0.0788. The van der Waals surface area contributed by atoms with E-state index in [0.29, 0.717) is 6.10 Å². The zero-order chi connectivity index (χ0) is 10.3. The first-order chi connectivity index (χ1) is 7.27. The summed E-state index contributed by atoms with van der Waals surface area (Å²) in [6.07, 6.45) is 9.77. The molecule has 2 heteroatoms. The molecule has 0 aromatic rings. The van der Waals surface area contributed by atoms with Gasteiger partial charge in [-0.05, 0) is 37.5 Å². The van der Waals surface area contributed by atoms with Crippen molar-refractivity contribution in [2.75, 3.05) is 13.2 Å². The van der Waals surface area contributed by atoms with Crippen LogP contribution in [0.3, 0.4) is 0 Å². The second kappa shape index (κ2) is 3.60. The Morgan fingerprint density at radius 3 is 2.93 bits per heavy atom. The molecule has 0 aromatic carbocycles. The maximum Gasteiger partial charge on any atom is 0.0876 e. The second-order valence-electron chi connectivity index (χ2n) is 5.43. The second-order valence-corrected chi connectivity index (χ2v) is 5.43. The van der Waals surface area contributed by atoms with Crippen LogP contribution in [0.25, 0.3) is 0 Å². The van der Waals surface area contributed by atoms with Crippen LogP contribution in [0.15, 0.2) is 12.2 Å². The summed E-state index contributed by atoms with van der Waals surface area (Å²) < 4.78 is 11.8. The monoisotopic (exact) mass is 208 g/mol. The van der Waals surface area contributed by atoms with Crippen molar-refractivity contribution in [3.05, 3.63) is 12.2 Å². The Bertz CT molecular complexity index is 268. The lowest BCUT2D eigenvalue weighted by Crippen LogP contribution is -2.36. The van der Waals surface area contributed by atoms with Gasteiger partial charge in [0, 0.05) is 6.61 Å². The molecule has 2 aliphatic carbocycles. The number of hydrogen-bond donors (Lipinski definition) is 0. The number of rotatable bonds is 2. The first-order valence-corrected chi connectivity index (χ1v) is 6.22. The van der Waals surface area contributed by atoms with Gasteiger partial charge in [0.1, 0.15) is 0 Å². The topological polar surface area (TPSA) is 18.5 Å². The average molecular weight is 208 g/mol. The first-order valence-electron chi connectivity index (χ1n) is 6.22. The molecule has 0 spiro atoms. The third kappa shape index (κ3) is 1.74. The van der Waals surface area contributed by atoms with Crippen molar-refractivity contribution in [2.45, 2.75) is 44.3 Å². The van der Waals surface area contributed by atoms with Gasteiger partial charge in [-0.3, -0.25) is 0 Å². The molecule has 2 nitrogen and oxygen atoms in total. The molecule has 1 heterocycles. The predicted molar refractivity (Wildman–Crippen MR) is 58.7 cm³/mol. The fourth-order valence-electron chi connectivity index (χ4n) is 3.34. The van der Waals surface area contributed by atoms with Gasteiger partial charge < -0.3 is 9.47 Å². The van der Waals surface area contributed by atoms with Crippen LogP contribution in [0.4, 0.5) is 0 Å². The van der Waals surface area contributed by atoms with Crippen LogP contribution < -0.4 is 0 Å². The molecular formula is C13H20O2. The summed E-state index contributed by atoms with van der Waals surface area (Å²) in [4.78, 5) is 0. The van der Waals surface area contributed by atoms with Gasteiger partial charge in [0.15, 0.2) is 0 Å². The summed E-state index contributed by atoms with van der Waals surface area (Å²) in [7, 11) is 0. The van der Waals surface area contributed by atoms with Gasteiger partial charge in [-0.15, -0.1) is 0 Å². The van der Waals surface area contributed by atoms with Gasteiger partial charge in [-0.2, -0.15) is 0 Å². The lowest BCUT2D eigenvalue weighted by molar-refractivity contribution is -0.113. The molecule has 3 aliphatic rings. The normalized spacial score (nSPS) is 48.7. The molecule has 0 radical (unpaired) electrons. The van der Waals surface area contributed by atoms with Gasteiger partial charge in [0.2, 0.25) is 0 Å². The van der Waals surface area contributed by atoms with Crippen molar-refractivity contribution in [3.63, 3.8) is 0 Å². The smallest absolute Gasteiger partial charge is 0.0876 e. The van der Waals surface area contributed by atoms with E-state index in [1.165, 1.54) is 19.3 Å². The molecular weight excluding hydrogens is 188 g/mol. The standard InChI is InChI=1S/C13H20O2/c1-10-7-13(5-4-11(10)8-13)15-12-3-2-6-14-9-12/h4-5,10-12H,2-3,6-9H2,1H3.